The molecule has 0 atom stereocenters. The van der Waals surface area contributed by atoms with Crippen LogP contribution in [0, 0.1) is 17.0 Å². The third kappa shape index (κ3) is 3.74. The molecule has 0 N–H and O–H groups in total. The molecule has 0 aliphatic rings. The van der Waals surface area contributed by atoms with Crippen molar-refractivity contribution in [1.29, 1.82) is 0 Å². The first-order valence-electron chi connectivity index (χ1n) is 6.23. The molecule has 0 radical (unpaired) electrons. The number of rotatable bonds is 5. The normalized spacial score (nSPS) is 10.4. The maximum atomic E-state index is 10.9. The predicted octanol–water partition coefficient (Wildman–Crippen LogP) is 5.03. The molecule has 0 aliphatic carbocycles. The number of benzene rings is 2. The summed E-state index contributed by atoms with van der Waals surface area (Å²) in [5.41, 5.74) is 2.45. The van der Waals surface area contributed by atoms with E-state index >= 15 is 0 Å². The molecule has 2 aromatic rings. The quantitative estimate of drug-likeness (QED) is 0.421. The summed E-state index contributed by atoms with van der Waals surface area (Å²) in [7, 11) is 0. The Kier molecular flexibility index (Phi) is 5.20. The highest BCUT2D eigenvalue weighted by Gasteiger charge is 2.14. The molecule has 21 heavy (non-hydrogen) atoms. The van der Waals surface area contributed by atoms with Crippen molar-refractivity contribution in [3.05, 3.63) is 68.2 Å². The van der Waals surface area contributed by atoms with Crippen LogP contribution in [0.3, 0.4) is 0 Å². The van der Waals surface area contributed by atoms with E-state index in [2.05, 4.69) is 15.9 Å². The highest BCUT2D eigenvalue weighted by molar-refractivity contribution is 9.08. The summed E-state index contributed by atoms with van der Waals surface area (Å²) in [6.07, 6.45) is 0. The second-order valence-electron chi connectivity index (χ2n) is 4.49. The molecule has 0 saturated carbocycles. The lowest BCUT2D eigenvalue weighted by molar-refractivity contribution is -0.385. The van der Waals surface area contributed by atoms with Crippen LogP contribution >= 0.6 is 27.5 Å². The highest BCUT2D eigenvalue weighted by Crippen LogP contribution is 2.27. The van der Waals surface area contributed by atoms with Crippen LogP contribution in [0.1, 0.15) is 16.7 Å². The fourth-order valence-corrected chi connectivity index (χ4v) is 2.61. The van der Waals surface area contributed by atoms with Gasteiger partial charge in [-0.15, -0.1) is 0 Å². The van der Waals surface area contributed by atoms with E-state index in [4.69, 9.17) is 16.3 Å². The fraction of sp³-hybridized carbons (Fsp3) is 0.200. The zero-order chi connectivity index (χ0) is 15.4. The van der Waals surface area contributed by atoms with Gasteiger partial charge < -0.3 is 4.74 Å². The van der Waals surface area contributed by atoms with Crippen LogP contribution in [0.25, 0.3) is 0 Å². The molecule has 0 fully saturated rings. The largest absolute Gasteiger partial charge is 0.489 e. The molecular formula is C15H13BrClNO3. The molecule has 0 saturated heterocycles. The van der Waals surface area contributed by atoms with Crippen molar-refractivity contribution in [2.75, 3.05) is 0 Å². The molecule has 4 nitrogen and oxygen atoms in total. The molecule has 110 valence electrons. The van der Waals surface area contributed by atoms with Gasteiger partial charge in [0.25, 0.3) is 5.69 Å². The topological polar surface area (TPSA) is 52.4 Å². The summed E-state index contributed by atoms with van der Waals surface area (Å²) < 4.78 is 5.77. The number of alkyl halides is 1. The standard InChI is InChI=1S/C15H13BrClNO3/c1-10-11(3-2-4-14(10)18(19)20)9-21-15-6-5-13(17)7-12(15)8-16/h2-7H,8-9H2,1H3. The van der Waals surface area contributed by atoms with Crippen molar-refractivity contribution in [2.24, 2.45) is 0 Å². The van der Waals surface area contributed by atoms with Crippen LogP contribution in [-0.2, 0) is 11.9 Å². The number of ether oxygens (including phenoxy) is 1. The van der Waals surface area contributed by atoms with Crippen LogP contribution in [0.5, 0.6) is 5.75 Å². The lowest BCUT2D eigenvalue weighted by atomic mass is 10.1. The molecule has 2 rings (SSSR count). The van der Waals surface area contributed by atoms with E-state index < -0.39 is 0 Å². The molecular weight excluding hydrogens is 358 g/mol. The Morgan fingerprint density at radius 2 is 2.05 bits per heavy atom. The van der Waals surface area contributed by atoms with Gasteiger partial charge in [0, 0.05) is 27.5 Å². The second kappa shape index (κ2) is 6.91. The molecule has 6 heteroatoms. The smallest absolute Gasteiger partial charge is 0.272 e. The van der Waals surface area contributed by atoms with Gasteiger partial charge >= 0.3 is 0 Å². The van der Waals surface area contributed by atoms with Gasteiger partial charge in [0.15, 0.2) is 0 Å². The van der Waals surface area contributed by atoms with Gasteiger partial charge in [0.05, 0.1) is 4.92 Å². The summed E-state index contributed by atoms with van der Waals surface area (Å²) in [5.74, 6) is 0.710. The molecule has 0 heterocycles. The number of hydrogen-bond acceptors (Lipinski definition) is 3. The third-order valence-corrected chi connectivity index (χ3v) is 4.00. The van der Waals surface area contributed by atoms with Gasteiger partial charge in [0.1, 0.15) is 12.4 Å². The van der Waals surface area contributed by atoms with Gasteiger partial charge in [-0.25, -0.2) is 0 Å². The van der Waals surface area contributed by atoms with E-state index in [-0.39, 0.29) is 17.2 Å². The number of nitro groups is 1. The van der Waals surface area contributed by atoms with Crippen molar-refractivity contribution < 1.29 is 9.66 Å². The third-order valence-electron chi connectivity index (χ3n) is 3.16. The van der Waals surface area contributed by atoms with Gasteiger partial charge in [-0.2, -0.15) is 0 Å². The lowest BCUT2D eigenvalue weighted by Gasteiger charge is -2.12. The van der Waals surface area contributed by atoms with E-state index in [0.29, 0.717) is 21.7 Å². The number of hydrogen-bond donors (Lipinski definition) is 0. The first-order valence-corrected chi connectivity index (χ1v) is 7.73. The summed E-state index contributed by atoms with van der Waals surface area (Å²) in [6.45, 7) is 2.00. The first-order chi connectivity index (χ1) is 10.0. The van der Waals surface area contributed by atoms with E-state index in [9.17, 15) is 10.1 Å². The van der Waals surface area contributed by atoms with Crippen LogP contribution in [0.4, 0.5) is 5.69 Å². The molecule has 0 bridgehead atoms. The summed E-state index contributed by atoms with van der Waals surface area (Å²) in [4.78, 5) is 10.5. The molecule has 0 spiro atoms. The maximum Gasteiger partial charge on any atom is 0.272 e. The summed E-state index contributed by atoms with van der Waals surface area (Å²) >= 11 is 9.33. The average molecular weight is 371 g/mol. The first kappa shape index (κ1) is 15.8. The predicted molar refractivity (Wildman–Crippen MR) is 86.2 cm³/mol. The van der Waals surface area contributed by atoms with Crippen LogP contribution in [0.2, 0.25) is 5.02 Å². The van der Waals surface area contributed by atoms with Crippen LogP contribution < -0.4 is 4.74 Å². The van der Waals surface area contributed by atoms with Gasteiger partial charge in [-0.3, -0.25) is 10.1 Å². The Hall–Kier alpha value is -1.59. The zero-order valence-electron chi connectivity index (χ0n) is 11.3. The Balaban J connectivity index is 2.21. The average Bonchev–Trinajstić information content (AvgIpc) is 2.46. The van der Waals surface area contributed by atoms with Gasteiger partial charge in [0.2, 0.25) is 0 Å². The van der Waals surface area contributed by atoms with Crippen molar-refractivity contribution in [2.45, 2.75) is 18.9 Å². The molecule has 2 aromatic carbocycles. The minimum absolute atomic E-state index is 0.105. The maximum absolute atomic E-state index is 10.9. The number of nitrogens with zero attached hydrogens (tertiary/aromatic N) is 1. The molecule has 0 aliphatic heterocycles. The van der Waals surface area contributed by atoms with E-state index in [1.54, 1.807) is 25.1 Å². The highest BCUT2D eigenvalue weighted by atomic mass is 79.9. The lowest BCUT2D eigenvalue weighted by Crippen LogP contribution is -2.02. The van der Waals surface area contributed by atoms with Crippen molar-refractivity contribution in [3.63, 3.8) is 0 Å². The molecule has 0 unspecified atom stereocenters. The molecule has 0 amide bonds. The Labute approximate surface area is 136 Å². The summed E-state index contributed by atoms with van der Waals surface area (Å²) in [6, 6.07) is 10.4. The second-order valence-corrected chi connectivity index (χ2v) is 5.49. The van der Waals surface area contributed by atoms with Gasteiger partial charge in [-0.1, -0.05) is 39.7 Å². The number of nitro benzene ring substituents is 1. The van der Waals surface area contributed by atoms with E-state index in [1.165, 1.54) is 6.07 Å². The fourth-order valence-electron chi connectivity index (χ4n) is 1.97. The minimum Gasteiger partial charge on any atom is -0.489 e. The van der Waals surface area contributed by atoms with Crippen molar-refractivity contribution in [3.8, 4) is 5.75 Å². The SMILES string of the molecule is Cc1c(COc2ccc(Cl)cc2CBr)cccc1[N+](=O)[O-]. The Morgan fingerprint density at radius 3 is 2.71 bits per heavy atom. The van der Waals surface area contributed by atoms with Crippen LogP contribution in [-0.4, -0.2) is 4.92 Å². The number of halogens is 2. The zero-order valence-corrected chi connectivity index (χ0v) is 13.6. The van der Waals surface area contributed by atoms with Crippen molar-refractivity contribution >= 4 is 33.2 Å². The Bertz CT molecular complexity index is 676. The monoisotopic (exact) mass is 369 g/mol. The van der Waals surface area contributed by atoms with E-state index in [0.717, 1.165) is 11.1 Å². The van der Waals surface area contributed by atoms with Gasteiger partial charge in [-0.05, 0) is 30.7 Å². The van der Waals surface area contributed by atoms with Crippen molar-refractivity contribution in [1.82, 2.24) is 0 Å². The Morgan fingerprint density at radius 1 is 1.29 bits per heavy atom. The molecule has 0 aromatic heterocycles. The minimum atomic E-state index is -0.384. The van der Waals surface area contributed by atoms with E-state index in [1.807, 2.05) is 12.1 Å². The summed E-state index contributed by atoms with van der Waals surface area (Å²) in [5, 5.41) is 12.2. The van der Waals surface area contributed by atoms with Crippen LogP contribution in [0.15, 0.2) is 36.4 Å².